The standard InChI is InChI=1S/C29H48O4/c1-16(25(32)26(33)17(2)27(3,4)5)20-8-9-21-19-15-24(31)23-14-18(30)10-12-29(23,7)22(19)11-13-28(20,21)6/h16,18-23,25-26,30,32-33H,2,8-15H2,1,3-7H3/t16-,18-,19?,20?,21?,22?,23+,25+,26-,28+,29+/m0/s1. The number of hydrogen-bond acceptors (Lipinski definition) is 4. The minimum Gasteiger partial charge on any atom is -0.393 e. The zero-order chi connectivity index (χ0) is 24.5. The highest BCUT2D eigenvalue weighted by Gasteiger charge is 2.63. The van der Waals surface area contributed by atoms with E-state index in [0.717, 1.165) is 38.5 Å². The topological polar surface area (TPSA) is 77.8 Å². The maximum atomic E-state index is 13.3. The second kappa shape index (κ2) is 8.45. The molecule has 4 unspecified atom stereocenters. The maximum Gasteiger partial charge on any atom is 0.136 e. The van der Waals surface area contributed by atoms with Crippen molar-refractivity contribution in [2.24, 2.45) is 51.8 Å². The van der Waals surface area contributed by atoms with Crippen molar-refractivity contribution in [1.82, 2.24) is 0 Å². The molecule has 4 saturated carbocycles. The van der Waals surface area contributed by atoms with Gasteiger partial charge in [0.25, 0.3) is 0 Å². The van der Waals surface area contributed by atoms with E-state index in [4.69, 9.17) is 0 Å². The van der Waals surface area contributed by atoms with Crippen LogP contribution in [0.4, 0.5) is 0 Å². The Bertz CT molecular complexity index is 783. The van der Waals surface area contributed by atoms with Crippen molar-refractivity contribution >= 4 is 5.78 Å². The summed E-state index contributed by atoms with van der Waals surface area (Å²) in [5.41, 5.74) is 0.580. The van der Waals surface area contributed by atoms with E-state index in [1.165, 1.54) is 0 Å². The van der Waals surface area contributed by atoms with E-state index in [1.54, 1.807) is 0 Å². The van der Waals surface area contributed by atoms with Gasteiger partial charge in [-0.2, -0.15) is 0 Å². The van der Waals surface area contributed by atoms with Gasteiger partial charge in [-0.3, -0.25) is 4.79 Å². The summed E-state index contributed by atoms with van der Waals surface area (Å²) in [7, 11) is 0. The Labute approximate surface area is 201 Å². The molecule has 4 aliphatic rings. The number of ketones is 1. The molecule has 0 aromatic rings. The van der Waals surface area contributed by atoms with Gasteiger partial charge < -0.3 is 15.3 Å². The summed E-state index contributed by atoms with van der Waals surface area (Å²) in [6.45, 7) is 17.1. The molecule has 0 amide bonds. The van der Waals surface area contributed by atoms with E-state index in [2.05, 4.69) is 27.4 Å². The Balaban J connectivity index is 1.55. The third-order valence-corrected chi connectivity index (χ3v) is 11.3. The third kappa shape index (κ3) is 3.96. The quantitative estimate of drug-likeness (QED) is 0.507. The first-order valence-electron chi connectivity index (χ1n) is 13.5. The minimum atomic E-state index is -0.913. The van der Waals surface area contributed by atoms with E-state index >= 15 is 0 Å². The molecule has 0 saturated heterocycles. The van der Waals surface area contributed by atoms with Crippen molar-refractivity contribution in [3.63, 3.8) is 0 Å². The van der Waals surface area contributed by atoms with E-state index in [1.807, 2.05) is 20.8 Å². The zero-order valence-electron chi connectivity index (χ0n) is 21.8. The lowest BCUT2D eigenvalue weighted by molar-refractivity contribution is -0.161. The van der Waals surface area contributed by atoms with E-state index in [9.17, 15) is 20.1 Å². The highest BCUT2D eigenvalue weighted by atomic mass is 16.3. The van der Waals surface area contributed by atoms with Crippen LogP contribution in [0.15, 0.2) is 12.2 Å². The van der Waals surface area contributed by atoms with Gasteiger partial charge in [0.15, 0.2) is 0 Å². The first-order valence-corrected chi connectivity index (χ1v) is 13.5. The zero-order valence-corrected chi connectivity index (χ0v) is 21.8. The maximum absolute atomic E-state index is 13.3. The number of aliphatic hydroxyl groups is 3. The largest absolute Gasteiger partial charge is 0.393 e. The summed E-state index contributed by atoms with van der Waals surface area (Å²) in [6.07, 6.45) is 5.53. The summed E-state index contributed by atoms with van der Waals surface area (Å²) in [5.74, 6) is 2.24. The summed E-state index contributed by atoms with van der Waals surface area (Å²) < 4.78 is 0. The molecule has 0 aromatic heterocycles. The van der Waals surface area contributed by atoms with E-state index < -0.39 is 12.2 Å². The molecule has 0 heterocycles. The first-order chi connectivity index (χ1) is 15.2. The van der Waals surface area contributed by atoms with Crippen molar-refractivity contribution in [3.8, 4) is 0 Å². The van der Waals surface area contributed by atoms with Crippen LogP contribution < -0.4 is 0 Å². The van der Waals surface area contributed by atoms with Gasteiger partial charge in [0.1, 0.15) is 11.9 Å². The fourth-order valence-corrected chi connectivity index (χ4v) is 9.10. The van der Waals surface area contributed by atoms with Crippen LogP contribution in [0.5, 0.6) is 0 Å². The molecule has 11 atom stereocenters. The Morgan fingerprint density at radius 2 is 1.64 bits per heavy atom. The lowest BCUT2D eigenvalue weighted by Gasteiger charge is -2.60. The summed E-state index contributed by atoms with van der Waals surface area (Å²) in [4.78, 5) is 13.3. The number of carbonyl (C=O) groups is 1. The highest BCUT2D eigenvalue weighted by Crippen LogP contribution is 2.67. The second-order valence-corrected chi connectivity index (χ2v) is 13.8. The van der Waals surface area contributed by atoms with Gasteiger partial charge in [0, 0.05) is 12.3 Å². The molecule has 0 bridgehead atoms. The lowest BCUT2D eigenvalue weighted by atomic mass is 9.44. The number of rotatable bonds is 4. The van der Waals surface area contributed by atoms with Gasteiger partial charge >= 0.3 is 0 Å². The van der Waals surface area contributed by atoms with Crippen LogP contribution in [0.25, 0.3) is 0 Å². The summed E-state index contributed by atoms with van der Waals surface area (Å²) >= 11 is 0. The van der Waals surface area contributed by atoms with Gasteiger partial charge in [0.05, 0.1) is 12.2 Å². The molecule has 0 spiro atoms. The molecular weight excluding hydrogens is 412 g/mol. The molecule has 33 heavy (non-hydrogen) atoms. The number of hydrogen-bond donors (Lipinski definition) is 3. The first kappa shape index (κ1) is 25.4. The molecular formula is C29H48O4. The van der Waals surface area contributed by atoms with Gasteiger partial charge in [0.2, 0.25) is 0 Å². The highest BCUT2D eigenvalue weighted by molar-refractivity contribution is 5.83. The van der Waals surface area contributed by atoms with Crippen LogP contribution in [-0.2, 0) is 4.79 Å². The van der Waals surface area contributed by atoms with Crippen LogP contribution in [-0.4, -0.2) is 39.4 Å². The van der Waals surface area contributed by atoms with Crippen molar-refractivity contribution < 1.29 is 20.1 Å². The third-order valence-electron chi connectivity index (χ3n) is 11.3. The van der Waals surface area contributed by atoms with Crippen molar-refractivity contribution in [2.45, 2.75) is 111 Å². The monoisotopic (exact) mass is 460 g/mol. The molecule has 188 valence electrons. The van der Waals surface area contributed by atoms with Crippen LogP contribution in [0, 0.1) is 51.8 Å². The Kier molecular flexibility index (Phi) is 6.50. The van der Waals surface area contributed by atoms with Gasteiger partial charge in [-0.25, -0.2) is 0 Å². The van der Waals surface area contributed by atoms with Crippen LogP contribution in [0.1, 0.15) is 92.9 Å². The predicted octanol–water partition coefficient (Wildman–Crippen LogP) is 5.15. The molecule has 0 radical (unpaired) electrons. The Morgan fingerprint density at radius 1 is 1.03 bits per heavy atom. The fraction of sp³-hybridized carbons (Fsp3) is 0.897. The number of carbonyl (C=O) groups excluding carboxylic acids is 1. The smallest absolute Gasteiger partial charge is 0.136 e. The van der Waals surface area contributed by atoms with Gasteiger partial charge in [-0.1, -0.05) is 48.1 Å². The SMILES string of the molecule is C=C([C@H](O)[C@H](O)[C@@H](C)C1CCC2C3CC(=O)[C@H]4C[C@@H](O)CC[C@]4(C)C3CC[C@@]21C)C(C)(C)C. The van der Waals surface area contributed by atoms with Crippen LogP contribution in [0.2, 0.25) is 0 Å². The predicted molar refractivity (Wildman–Crippen MR) is 131 cm³/mol. The summed E-state index contributed by atoms with van der Waals surface area (Å²) in [6, 6.07) is 0. The van der Waals surface area contributed by atoms with Crippen molar-refractivity contribution in [3.05, 3.63) is 12.2 Å². The number of aliphatic hydroxyl groups excluding tert-OH is 3. The normalized spacial score (nSPS) is 46.0. The lowest BCUT2D eigenvalue weighted by Crippen LogP contribution is -2.57. The number of Topliss-reactive ketones (excluding diaryl/α,β-unsaturated/α-hetero) is 1. The Morgan fingerprint density at radius 3 is 2.27 bits per heavy atom. The Hall–Kier alpha value is -0.710. The molecule has 4 nitrogen and oxygen atoms in total. The molecule has 4 aliphatic carbocycles. The molecule has 4 heteroatoms. The fourth-order valence-electron chi connectivity index (χ4n) is 9.10. The molecule has 0 aromatic carbocycles. The second-order valence-electron chi connectivity index (χ2n) is 13.8. The van der Waals surface area contributed by atoms with E-state index in [0.29, 0.717) is 47.9 Å². The number of fused-ring (bicyclic) bond motifs is 5. The molecule has 4 fully saturated rings. The van der Waals surface area contributed by atoms with Gasteiger partial charge in [-0.15, -0.1) is 0 Å². The molecule has 3 N–H and O–H groups in total. The van der Waals surface area contributed by atoms with Crippen molar-refractivity contribution in [1.29, 1.82) is 0 Å². The minimum absolute atomic E-state index is 0.0156. The average molecular weight is 461 g/mol. The van der Waals surface area contributed by atoms with Crippen LogP contribution in [0.3, 0.4) is 0 Å². The van der Waals surface area contributed by atoms with E-state index in [-0.39, 0.29) is 34.2 Å². The van der Waals surface area contributed by atoms with Gasteiger partial charge in [-0.05, 0) is 96.4 Å². The van der Waals surface area contributed by atoms with Crippen molar-refractivity contribution in [2.75, 3.05) is 0 Å². The average Bonchev–Trinajstić information content (AvgIpc) is 3.09. The molecule has 0 aliphatic heterocycles. The summed E-state index contributed by atoms with van der Waals surface area (Å²) in [5, 5.41) is 32.4. The molecule has 4 rings (SSSR count). The van der Waals surface area contributed by atoms with Crippen LogP contribution >= 0.6 is 0 Å².